The second kappa shape index (κ2) is 5.73. The highest BCUT2D eigenvalue weighted by atomic mass is 35.5. The van der Waals surface area contributed by atoms with Crippen molar-refractivity contribution in [2.24, 2.45) is 0 Å². The van der Waals surface area contributed by atoms with Gasteiger partial charge in [-0.25, -0.2) is 13.1 Å². The molecule has 0 aliphatic heterocycles. The summed E-state index contributed by atoms with van der Waals surface area (Å²) in [6.07, 6.45) is 0. The quantitative estimate of drug-likeness (QED) is 0.846. The summed E-state index contributed by atoms with van der Waals surface area (Å²) in [6, 6.07) is 7.09. The van der Waals surface area contributed by atoms with Crippen molar-refractivity contribution in [3.05, 3.63) is 44.6 Å². The number of nitrogens with two attached hydrogens (primary N) is 1. The smallest absolute Gasteiger partial charge is 0.243 e. The number of aryl methyl sites for hydroxylation is 2. The van der Waals surface area contributed by atoms with Crippen molar-refractivity contribution < 1.29 is 8.42 Å². The fraction of sp³-hybridized carbons (Fsp3) is 0.231. The average molecular weight is 331 g/mol. The van der Waals surface area contributed by atoms with Gasteiger partial charge in [0.05, 0.1) is 10.0 Å². The molecule has 1 heterocycles. The van der Waals surface area contributed by atoms with Gasteiger partial charge in [0.25, 0.3) is 0 Å². The summed E-state index contributed by atoms with van der Waals surface area (Å²) in [5.74, 6) is 0. The lowest BCUT2D eigenvalue weighted by Gasteiger charge is -2.13. The zero-order valence-corrected chi connectivity index (χ0v) is 13.5. The van der Waals surface area contributed by atoms with Crippen molar-refractivity contribution in [3.63, 3.8) is 0 Å². The van der Waals surface area contributed by atoms with Crippen LogP contribution >= 0.6 is 22.9 Å². The van der Waals surface area contributed by atoms with Crippen LogP contribution in [-0.4, -0.2) is 8.42 Å². The van der Waals surface area contributed by atoms with Crippen molar-refractivity contribution in [2.75, 3.05) is 5.73 Å². The Hall–Kier alpha value is -1.08. The first-order valence-electron chi connectivity index (χ1n) is 5.91. The molecule has 0 aliphatic carbocycles. The summed E-state index contributed by atoms with van der Waals surface area (Å²) >= 11 is 7.16. The van der Waals surface area contributed by atoms with Crippen LogP contribution in [0.1, 0.15) is 16.0 Å². The Morgan fingerprint density at radius 2 is 1.85 bits per heavy atom. The maximum absolute atomic E-state index is 12.4. The van der Waals surface area contributed by atoms with Gasteiger partial charge in [0.2, 0.25) is 10.0 Å². The van der Waals surface area contributed by atoms with E-state index in [1.165, 1.54) is 11.3 Å². The van der Waals surface area contributed by atoms with Crippen molar-refractivity contribution in [1.29, 1.82) is 0 Å². The molecule has 0 atom stereocenters. The third-order valence-corrected chi connectivity index (χ3v) is 5.78. The summed E-state index contributed by atoms with van der Waals surface area (Å²) in [5.41, 5.74) is 7.57. The first-order valence-corrected chi connectivity index (χ1v) is 8.58. The van der Waals surface area contributed by atoms with E-state index in [2.05, 4.69) is 4.72 Å². The number of rotatable bonds is 4. The highest BCUT2D eigenvalue weighted by Gasteiger charge is 2.21. The molecule has 3 N–H and O–H groups in total. The summed E-state index contributed by atoms with van der Waals surface area (Å²) < 4.78 is 28.0. The third kappa shape index (κ3) is 3.15. The van der Waals surface area contributed by atoms with Crippen molar-refractivity contribution in [1.82, 2.24) is 4.72 Å². The SMILES string of the molecule is Cc1ccc(C)c(S(=O)(=O)NCc2ccc(Cl)s2)c1N. The molecule has 0 spiro atoms. The summed E-state index contributed by atoms with van der Waals surface area (Å²) in [7, 11) is -3.64. The molecule has 0 saturated carbocycles. The second-order valence-electron chi connectivity index (χ2n) is 4.47. The number of halogens is 1. The molecule has 4 nitrogen and oxygen atoms in total. The molecule has 2 aromatic rings. The van der Waals surface area contributed by atoms with Crippen molar-refractivity contribution in [3.8, 4) is 0 Å². The van der Waals surface area contributed by atoms with Crippen LogP contribution in [-0.2, 0) is 16.6 Å². The van der Waals surface area contributed by atoms with Gasteiger partial charge >= 0.3 is 0 Å². The Labute approximate surface area is 127 Å². The molecule has 0 unspecified atom stereocenters. The lowest BCUT2D eigenvalue weighted by Crippen LogP contribution is -2.25. The molecule has 20 heavy (non-hydrogen) atoms. The van der Waals surface area contributed by atoms with Gasteiger partial charge in [-0.3, -0.25) is 0 Å². The normalized spacial score (nSPS) is 11.8. The third-order valence-electron chi connectivity index (χ3n) is 2.94. The van der Waals surface area contributed by atoms with Crippen LogP contribution in [0.3, 0.4) is 0 Å². The molecule has 1 aromatic carbocycles. The number of sulfonamides is 1. The van der Waals surface area contributed by atoms with Crippen LogP contribution in [0.5, 0.6) is 0 Å². The van der Waals surface area contributed by atoms with Crippen LogP contribution in [0.4, 0.5) is 5.69 Å². The molecule has 0 radical (unpaired) electrons. The minimum Gasteiger partial charge on any atom is -0.397 e. The van der Waals surface area contributed by atoms with E-state index in [9.17, 15) is 8.42 Å². The van der Waals surface area contributed by atoms with E-state index >= 15 is 0 Å². The van der Waals surface area contributed by atoms with Gasteiger partial charge < -0.3 is 5.73 Å². The molecular weight excluding hydrogens is 316 g/mol. The number of hydrogen-bond acceptors (Lipinski definition) is 4. The van der Waals surface area contributed by atoms with Crippen molar-refractivity contribution in [2.45, 2.75) is 25.3 Å². The molecule has 7 heteroatoms. The lowest BCUT2D eigenvalue weighted by molar-refractivity contribution is 0.581. The molecular formula is C13H15ClN2O2S2. The minimum atomic E-state index is -3.64. The summed E-state index contributed by atoms with van der Waals surface area (Å²) in [5, 5.41) is 0. The van der Waals surface area contributed by atoms with Gasteiger partial charge in [0.15, 0.2) is 0 Å². The van der Waals surface area contributed by atoms with Crippen LogP contribution < -0.4 is 10.5 Å². The fourth-order valence-corrected chi connectivity index (χ4v) is 4.40. The van der Waals surface area contributed by atoms with E-state index in [4.69, 9.17) is 17.3 Å². The molecule has 0 saturated heterocycles. The van der Waals surface area contributed by atoms with Gasteiger partial charge in [-0.2, -0.15) is 0 Å². The topological polar surface area (TPSA) is 72.2 Å². The predicted octanol–water partition coefficient (Wildman–Crippen LogP) is 3.08. The van der Waals surface area contributed by atoms with E-state index in [0.717, 1.165) is 10.4 Å². The second-order valence-corrected chi connectivity index (χ2v) is 7.98. The number of nitrogen functional groups attached to an aromatic ring is 1. The Kier molecular flexibility index (Phi) is 4.39. The van der Waals surface area contributed by atoms with Gasteiger partial charge in [-0.15, -0.1) is 11.3 Å². The highest BCUT2D eigenvalue weighted by molar-refractivity contribution is 7.89. The molecule has 2 rings (SSSR count). The van der Waals surface area contributed by atoms with Crippen molar-refractivity contribution >= 4 is 38.6 Å². The van der Waals surface area contributed by atoms with E-state index in [0.29, 0.717) is 15.6 Å². The molecule has 0 aliphatic rings. The molecule has 0 amide bonds. The van der Waals surface area contributed by atoms with Crippen LogP contribution in [0.15, 0.2) is 29.2 Å². The Morgan fingerprint density at radius 3 is 2.45 bits per heavy atom. The van der Waals surface area contributed by atoms with Crippen LogP contribution in [0.2, 0.25) is 4.34 Å². The van der Waals surface area contributed by atoms with Crippen LogP contribution in [0.25, 0.3) is 0 Å². The van der Waals surface area contributed by atoms with Crippen LogP contribution in [0, 0.1) is 13.8 Å². The Morgan fingerprint density at radius 1 is 1.20 bits per heavy atom. The molecule has 1 aromatic heterocycles. The van der Waals surface area contributed by atoms with E-state index in [-0.39, 0.29) is 11.4 Å². The molecule has 108 valence electrons. The Balaban J connectivity index is 2.29. The standard InChI is InChI=1S/C13H15ClN2O2S2/c1-8-3-4-9(2)13(12(8)15)20(17,18)16-7-10-5-6-11(14)19-10/h3-6,16H,7,15H2,1-2H3. The maximum atomic E-state index is 12.4. The largest absolute Gasteiger partial charge is 0.397 e. The maximum Gasteiger partial charge on any atom is 0.243 e. The van der Waals surface area contributed by atoms with Gasteiger partial charge in [-0.05, 0) is 37.1 Å². The zero-order valence-electron chi connectivity index (χ0n) is 11.1. The monoisotopic (exact) mass is 330 g/mol. The van der Waals surface area contributed by atoms with Gasteiger partial charge in [-0.1, -0.05) is 23.7 Å². The molecule has 0 bridgehead atoms. The zero-order chi connectivity index (χ0) is 14.9. The van der Waals surface area contributed by atoms with E-state index in [1.54, 1.807) is 32.0 Å². The fourth-order valence-electron chi connectivity index (χ4n) is 1.85. The first-order chi connectivity index (χ1) is 9.31. The number of hydrogen-bond donors (Lipinski definition) is 2. The summed E-state index contributed by atoms with van der Waals surface area (Å²) in [6.45, 7) is 3.71. The van der Waals surface area contributed by atoms with E-state index in [1.807, 2.05) is 6.07 Å². The number of nitrogens with one attached hydrogen (secondary N) is 1. The highest BCUT2D eigenvalue weighted by Crippen LogP contribution is 2.26. The predicted molar refractivity (Wildman–Crippen MR) is 83.7 cm³/mol. The first kappa shape index (κ1) is 15.3. The number of benzene rings is 1. The average Bonchev–Trinajstić information content (AvgIpc) is 2.78. The molecule has 0 fully saturated rings. The van der Waals surface area contributed by atoms with E-state index < -0.39 is 10.0 Å². The van der Waals surface area contributed by atoms with Gasteiger partial charge in [0, 0.05) is 11.4 Å². The lowest BCUT2D eigenvalue weighted by atomic mass is 10.1. The summed E-state index contributed by atoms with van der Waals surface area (Å²) in [4.78, 5) is 1.00. The van der Waals surface area contributed by atoms with Gasteiger partial charge in [0.1, 0.15) is 4.90 Å². The number of anilines is 1. The minimum absolute atomic E-state index is 0.153. The Bertz CT molecular complexity index is 739. The number of thiophene rings is 1.